The lowest BCUT2D eigenvalue weighted by molar-refractivity contribution is -0.120. The van der Waals surface area contributed by atoms with Crippen molar-refractivity contribution in [1.82, 2.24) is 0 Å². The van der Waals surface area contributed by atoms with Crippen molar-refractivity contribution in [2.45, 2.75) is 13.8 Å². The molecule has 0 fully saturated rings. The Morgan fingerprint density at radius 3 is 2.40 bits per heavy atom. The van der Waals surface area contributed by atoms with E-state index in [0.717, 1.165) is 5.75 Å². The van der Waals surface area contributed by atoms with E-state index in [2.05, 4.69) is 5.32 Å². The number of ether oxygens (including phenoxy) is 1. The third-order valence-corrected chi connectivity index (χ3v) is 4.16. The number of benzene rings is 2. The van der Waals surface area contributed by atoms with Crippen molar-refractivity contribution in [2.24, 2.45) is 0 Å². The van der Waals surface area contributed by atoms with E-state index in [-0.39, 0.29) is 23.4 Å². The van der Waals surface area contributed by atoms with Gasteiger partial charge in [-0.2, -0.15) is 0 Å². The Hall–Kier alpha value is -2.24. The standard InChI is InChI=1S/C18H18Cl2N2O3/c1-3-25-14-9-7-13(8-10-14)21-17(24)11-22(12(2)23)16-6-4-5-15(19)18(16)20/h4-10H,3,11H2,1-2H3,(H,21,24). The number of nitrogens with zero attached hydrogens (tertiary/aromatic N) is 1. The van der Waals surface area contributed by atoms with Crippen molar-refractivity contribution >= 4 is 46.4 Å². The quantitative estimate of drug-likeness (QED) is 0.808. The van der Waals surface area contributed by atoms with Crippen LogP contribution in [0.5, 0.6) is 5.75 Å². The third-order valence-electron chi connectivity index (χ3n) is 3.35. The molecule has 0 aromatic heterocycles. The molecule has 132 valence electrons. The third kappa shape index (κ3) is 5.11. The van der Waals surface area contributed by atoms with Crippen LogP contribution in [0.4, 0.5) is 11.4 Å². The van der Waals surface area contributed by atoms with E-state index in [9.17, 15) is 9.59 Å². The monoisotopic (exact) mass is 380 g/mol. The van der Waals surface area contributed by atoms with Gasteiger partial charge in [-0.25, -0.2) is 0 Å². The molecule has 0 saturated heterocycles. The van der Waals surface area contributed by atoms with Gasteiger partial charge in [-0.1, -0.05) is 29.3 Å². The molecule has 0 radical (unpaired) electrons. The first-order valence-electron chi connectivity index (χ1n) is 7.67. The highest BCUT2D eigenvalue weighted by atomic mass is 35.5. The minimum atomic E-state index is -0.351. The van der Waals surface area contributed by atoms with Crippen molar-refractivity contribution in [1.29, 1.82) is 0 Å². The summed E-state index contributed by atoms with van der Waals surface area (Å²) in [5, 5.41) is 3.28. The molecular formula is C18H18Cl2N2O3. The molecule has 0 saturated carbocycles. The first-order valence-corrected chi connectivity index (χ1v) is 8.42. The first kappa shape index (κ1) is 19.1. The molecule has 0 aliphatic rings. The van der Waals surface area contributed by atoms with Gasteiger partial charge in [0.25, 0.3) is 0 Å². The molecule has 0 unspecified atom stereocenters. The number of hydrogen-bond donors (Lipinski definition) is 1. The summed E-state index contributed by atoms with van der Waals surface area (Å²) in [6, 6.07) is 11.9. The van der Waals surface area contributed by atoms with Crippen LogP contribution in [0.15, 0.2) is 42.5 Å². The van der Waals surface area contributed by atoms with Crippen molar-refractivity contribution in [3.63, 3.8) is 0 Å². The fourth-order valence-electron chi connectivity index (χ4n) is 2.21. The van der Waals surface area contributed by atoms with Gasteiger partial charge >= 0.3 is 0 Å². The fraction of sp³-hybridized carbons (Fsp3) is 0.222. The maximum Gasteiger partial charge on any atom is 0.244 e. The molecule has 2 aromatic carbocycles. The number of hydrogen-bond acceptors (Lipinski definition) is 3. The average molecular weight is 381 g/mol. The summed E-state index contributed by atoms with van der Waals surface area (Å²) >= 11 is 12.1. The number of halogens is 2. The van der Waals surface area contributed by atoms with Crippen LogP contribution >= 0.6 is 23.2 Å². The van der Waals surface area contributed by atoms with Gasteiger partial charge in [-0.15, -0.1) is 0 Å². The average Bonchev–Trinajstić information content (AvgIpc) is 2.57. The summed E-state index contributed by atoms with van der Waals surface area (Å²) in [5.41, 5.74) is 0.998. The Morgan fingerprint density at radius 2 is 1.80 bits per heavy atom. The van der Waals surface area contributed by atoms with Gasteiger partial charge in [0.1, 0.15) is 12.3 Å². The number of amides is 2. The zero-order valence-electron chi connectivity index (χ0n) is 13.9. The van der Waals surface area contributed by atoms with Crippen LogP contribution in [0.25, 0.3) is 0 Å². The topological polar surface area (TPSA) is 58.6 Å². The molecule has 25 heavy (non-hydrogen) atoms. The minimum absolute atomic E-state index is 0.178. The molecule has 0 bridgehead atoms. The maximum absolute atomic E-state index is 12.3. The second kappa shape index (κ2) is 8.74. The predicted octanol–water partition coefficient (Wildman–Crippen LogP) is 4.38. The predicted molar refractivity (Wildman–Crippen MR) is 101 cm³/mol. The van der Waals surface area contributed by atoms with Crippen LogP contribution in [0.2, 0.25) is 10.0 Å². The second-order valence-corrected chi connectivity index (χ2v) is 5.97. The smallest absolute Gasteiger partial charge is 0.244 e. The van der Waals surface area contributed by atoms with Crippen LogP contribution in [-0.2, 0) is 9.59 Å². The lowest BCUT2D eigenvalue weighted by Gasteiger charge is -2.22. The molecule has 2 aromatic rings. The Morgan fingerprint density at radius 1 is 1.12 bits per heavy atom. The molecule has 0 atom stereocenters. The molecule has 0 aliphatic heterocycles. The number of rotatable bonds is 6. The molecule has 1 N–H and O–H groups in total. The molecule has 2 amide bonds. The van der Waals surface area contributed by atoms with Crippen LogP contribution < -0.4 is 15.0 Å². The summed E-state index contributed by atoms with van der Waals surface area (Å²) in [6.45, 7) is 3.65. The van der Waals surface area contributed by atoms with Crippen LogP contribution in [-0.4, -0.2) is 25.0 Å². The number of carbonyl (C=O) groups is 2. The highest BCUT2D eigenvalue weighted by Gasteiger charge is 2.19. The van der Waals surface area contributed by atoms with Gasteiger partial charge in [0.2, 0.25) is 11.8 Å². The summed E-state index contributed by atoms with van der Waals surface area (Å²) in [4.78, 5) is 25.5. The van der Waals surface area contributed by atoms with Crippen LogP contribution in [0.3, 0.4) is 0 Å². The highest BCUT2D eigenvalue weighted by Crippen LogP contribution is 2.32. The summed E-state index contributed by atoms with van der Waals surface area (Å²) in [6.07, 6.45) is 0. The molecule has 7 heteroatoms. The number of anilines is 2. The summed E-state index contributed by atoms with van der Waals surface area (Å²) < 4.78 is 5.35. The molecule has 5 nitrogen and oxygen atoms in total. The van der Waals surface area contributed by atoms with E-state index in [0.29, 0.717) is 23.0 Å². The SMILES string of the molecule is CCOc1ccc(NC(=O)CN(C(C)=O)c2cccc(Cl)c2Cl)cc1. The van der Waals surface area contributed by atoms with Crippen molar-refractivity contribution in [3.05, 3.63) is 52.5 Å². The lowest BCUT2D eigenvalue weighted by atomic mass is 10.2. The van der Waals surface area contributed by atoms with Crippen LogP contribution in [0, 0.1) is 0 Å². The zero-order valence-corrected chi connectivity index (χ0v) is 15.4. The van der Waals surface area contributed by atoms with Gasteiger partial charge in [0.05, 0.1) is 22.3 Å². The molecule has 0 aliphatic carbocycles. The van der Waals surface area contributed by atoms with E-state index in [4.69, 9.17) is 27.9 Å². The van der Waals surface area contributed by atoms with E-state index in [1.165, 1.54) is 11.8 Å². The maximum atomic E-state index is 12.3. The van der Waals surface area contributed by atoms with Gasteiger partial charge < -0.3 is 15.0 Å². The number of carbonyl (C=O) groups excluding carboxylic acids is 2. The lowest BCUT2D eigenvalue weighted by Crippen LogP contribution is -2.36. The first-order chi connectivity index (χ1) is 11.9. The van der Waals surface area contributed by atoms with Crippen molar-refractivity contribution < 1.29 is 14.3 Å². The molecule has 2 rings (SSSR count). The largest absolute Gasteiger partial charge is 0.494 e. The summed E-state index contributed by atoms with van der Waals surface area (Å²) in [5.74, 6) is 0.0537. The van der Waals surface area contributed by atoms with Gasteiger partial charge in [0, 0.05) is 12.6 Å². The molecular weight excluding hydrogens is 363 g/mol. The Balaban J connectivity index is 2.10. The van der Waals surface area contributed by atoms with Crippen molar-refractivity contribution in [2.75, 3.05) is 23.4 Å². The summed E-state index contributed by atoms with van der Waals surface area (Å²) in [7, 11) is 0. The molecule has 0 spiro atoms. The Kier molecular flexibility index (Phi) is 6.67. The Labute approximate surface area is 156 Å². The van der Waals surface area contributed by atoms with Crippen molar-refractivity contribution in [3.8, 4) is 5.75 Å². The van der Waals surface area contributed by atoms with Gasteiger partial charge in [-0.05, 0) is 43.3 Å². The molecule has 0 heterocycles. The zero-order chi connectivity index (χ0) is 18.4. The normalized spacial score (nSPS) is 10.2. The van der Waals surface area contributed by atoms with Gasteiger partial charge in [0.15, 0.2) is 0 Å². The Bertz CT molecular complexity index is 763. The number of nitrogens with one attached hydrogen (secondary N) is 1. The fourth-order valence-corrected chi connectivity index (χ4v) is 2.61. The minimum Gasteiger partial charge on any atom is -0.494 e. The highest BCUT2D eigenvalue weighted by molar-refractivity contribution is 6.44. The second-order valence-electron chi connectivity index (χ2n) is 5.18. The van der Waals surface area contributed by atoms with Gasteiger partial charge in [-0.3, -0.25) is 9.59 Å². The van der Waals surface area contributed by atoms with E-state index >= 15 is 0 Å². The van der Waals surface area contributed by atoms with E-state index < -0.39 is 0 Å². The van der Waals surface area contributed by atoms with Crippen LogP contribution in [0.1, 0.15) is 13.8 Å². The van der Waals surface area contributed by atoms with E-state index in [1.807, 2.05) is 6.92 Å². The van der Waals surface area contributed by atoms with E-state index in [1.54, 1.807) is 42.5 Å².